The van der Waals surface area contributed by atoms with Gasteiger partial charge in [0.05, 0.1) is 0 Å². The third kappa shape index (κ3) is 2.21. The van der Waals surface area contributed by atoms with Crippen molar-refractivity contribution >= 4 is 34.8 Å². The minimum absolute atomic E-state index is 0.0341. The largest absolute Gasteiger partial charge is 0.341 e. The number of fused-ring (bicyclic) bond motifs is 1. The minimum Gasteiger partial charge on any atom is -0.341 e. The van der Waals surface area contributed by atoms with Gasteiger partial charge in [-0.25, -0.2) is 0 Å². The second kappa shape index (κ2) is 5.05. The molecule has 3 rings (SSSR count). The van der Waals surface area contributed by atoms with Gasteiger partial charge >= 0.3 is 0 Å². The molecule has 5 heteroatoms. The number of carbonyl (C=O) groups is 2. The van der Waals surface area contributed by atoms with Crippen LogP contribution in [0.4, 0.5) is 0 Å². The maximum Gasteiger partial charge on any atom is 0.240 e. The Kier molecular flexibility index (Phi) is 3.43. The zero-order valence-corrected chi connectivity index (χ0v) is 11.7. The van der Waals surface area contributed by atoms with E-state index >= 15 is 0 Å². The molecule has 0 saturated carbocycles. The van der Waals surface area contributed by atoms with Crippen LogP contribution in [0.2, 0.25) is 0 Å². The molecule has 0 aliphatic carbocycles. The highest BCUT2D eigenvalue weighted by molar-refractivity contribution is 8.00. The highest BCUT2D eigenvalue weighted by Crippen LogP contribution is 2.40. The first-order valence-corrected chi connectivity index (χ1v) is 8.17. The van der Waals surface area contributed by atoms with Gasteiger partial charge in [0.1, 0.15) is 11.0 Å². The van der Waals surface area contributed by atoms with Gasteiger partial charge in [-0.05, 0) is 29.2 Å². The summed E-state index contributed by atoms with van der Waals surface area (Å²) in [5, 5.41) is 2.05. The van der Waals surface area contributed by atoms with Crippen molar-refractivity contribution in [2.24, 2.45) is 0 Å². The zero-order valence-electron chi connectivity index (χ0n) is 10.1. The molecule has 0 aromatic carbocycles. The number of piperidine rings is 1. The Balaban J connectivity index is 1.76. The fraction of sp³-hybridized carbons (Fsp3) is 0.538. The lowest BCUT2D eigenvalue weighted by molar-refractivity contribution is -0.134. The summed E-state index contributed by atoms with van der Waals surface area (Å²) in [6.45, 7) is 1.21. The topological polar surface area (TPSA) is 37.4 Å². The number of hydrogen-bond donors (Lipinski definition) is 0. The van der Waals surface area contributed by atoms with Crippen LogP contribution in [0, 0.1) is 0 Å². The molecule has 1 atom stereocenters. The number of ketones is 1. The quantitative estimate of drug-likeness (QED) is 0.792. The lowest BCUT2D eigenvalue weighted by atomic mass is 10.1. The van der Waals surface area contributed by atoms with Gasteiger partial charge < -0.3 is 4.90 Å². The van der Waals surface area contributed by atoms with E-state index in [1.165, 1.54) is 10.4 Å². The van der Waals surface area contributed by atoms with E-state index in [0.717, 1.165) is 12.2 Å². The monoisotopic (exact) mass is 281 g/mol. The van der Waals surface area contributed by atoms with Gasteiger partial charge in [-0.2, -0.15) is 0 Å². The molecule has 18 heavy (non-hydrogen) atoms. The van der Waals surface area contributed by atoms with Gasteiger partial charge in [0.15, 0.2) is 0 Å². The molecule has 0 spiro atoms. The van der Waals surface area contributed by atoms with E-state index < -0.39 is 0 Å². The van der Waals surface area contributed by atoms with E-state index in [2.05, 4.69) is 11.4 Å². The Labute approximate surface area is 115 Å². The maximum atomic E-state index is 12.5. The average Bonchev–Trinajstić information content (AvgIpc) is 2.87. The summed E-state index contributed by atoms with van der Waals surface area (Å²) in [7, 11) is 0. The van der Waals surface area contributed by atoms with E-state index in [0.29, 0.717) is 25.9 Å². The normalized spacial score (nSPS) is 23.9. The van der Waals surface area contributed by atoms with Gasteiger partial charge in [0, 0.05) is 30.8 Å². The summed E-state index contributed by atoms with van der Waals surface area (Å²) in [6, 6.07) is 2.09. The van der Waals surface area contributed by atoms with Crippen LogP contribution in [0.1, 0.15) is 28.5 Å². The highest BCUT2D eigenvalue weighted by Gasteiger charge is 2.32. The molecular formula is C13H15NO2S2. The Morgan fingerprint density at radius 3 is 2.83 bits per heavy atom. The number of likely N-dealkylation sites (tertiary alicyclic amines) is 1. The molecule has 1 aromatic rings. The van der Waals surface area contributed by atoms with Crippen molar-refractivity contribution in [1.82, 2.24) is 4.90 Å². The van der Waals surface area contributed by atoms with Crippen LogP contribution in [0.15, 0.2) is 11.4 Å². The van der Waals surface area contributed by atoms with Crippen LogP contribution in [0.5, 0.6) is 0 Å². The summed E-state index contributed by atoms with van der Waals surface area (Å²) in [6.07, 6.45) is 2.14. The number of carbonyl (C=O) groups excluding carboxylic acids is 2. The summed E-state index contributed by atoms with van der Waals surface area (Å²) in [5.41, 5.74) is 1.21. The smallest absolute Gasteiger partial charge is 0.240 e. The first-order chi connectivity index (χ1) is 8.75. The molecule has 1 fully saturated rings. The Morgan fingerprint density at radius 2 is 2.06 bits per heavy atom. The number of amides is 1. The van der Waals surface area contributed by atoms with Gasteiger partial charge in [-0.3, -0.25) is 9.59 Å². The number of rotatable bonds is 1. The molecule has 0 bridgehead atoms. The third-order valence-corrected chi connectivity index (χ3v) is 5.76. The summed E-state index contributed by atoms with van der Waals surface area (Å²) in [4.78, 5) is 27.0. The van der Waals surface area contributed by atoms with E-state index in [-0.39, 0.29) is 16.9 Å². The fourth-order valence-corrected chi connectivity index (χ4v) is 4.87. The molecule has 0 radical (unpaired) electrons. The van der Waals surface area contributed by atoms with Gasteiger partial charge in [-0.15, -0.1) is 23.1 Å². The molecule has 1 aromatic heterocycles. The molecule has 3 heterocycles. The number of nitrogens with zero attached hydrogens (tertiary/aromatic N) is 1. The van der Waals surface area contributed by atoms with E-state index in [1.807, 2.05) is 4.90 Å². The predicted octanol–water partition coefficient (Wildman–Crippen LogP) is 2.27. The lowest BCUT2D eigenvalue weighted by Crippen LogP contribution is -2.41. The van der Waals surface area contributed by atoms with E-state index in [1.54, 1.807) is 23.1 Å². The highest BCUT2D eigenvalue weighted by atomic mass is 32.2. The molecule has 3 nitrogen and oxygen atoms in total. The minimum atomic E-state index is -0.0341. The molecule has 2 aliphatic heterocycles. The Morgan fingerprint density at radius 1 is 1.28 bits per heavy atom. The van der Waals surface area contributed by atoms with Crippen molar-refractivity contribution in [3.05, 3.63) is 21.9 Å². The van der Waals surface area contributed by atoms with Gasteiger partial charge in [0.25, 0.3) is 0 Å². The second-order valence-electron chi connectivity index (χ2n) is 4.66. The number of Topliss-reactive ketones (excluding diaryl/α,β-unsaturated/α-hetero) is 1. The molecule has 2 aliphatic rings. The molecule has 96 valence electrons. The van der Waals surface area contributed by atoms with Crippen molar-refractivity contribution in [3.8, 4) is 0 Å². The van der Waals surface area contributed by atoms with Crippen molar-refractivity contribution < 1.29 is 9.59 Å². The summed E-state index contributed by atoms with van der Waals surface area (Å²) in [5.74, 6) is 1.51. The second-order valence-corrected chi connectivity index (χ2v) is 6.88. The number of hydrogen-bond acceptors (Lipinski definition) is 4. The first kappa shape index (κ1) is 12.2. The van der Waals surface area contributed by atoms with Crippen LogP contribution in [0.25, 0.3) is 0 Å². The fourth-order valence-electron chi connectivity index (χ4n) is 2.49. The van der Waals surface area contributed by atoms with Crippen LogP contribution in [-0.2, 0) is 16.0 Å². The molecule has 0 N–H and O–H groups in total. The Bertz CT molecular complexity index is 473. The third-order valence-electron chi connectivity index (χ3n) is 3.53. The maximum absolute atomic E-state index is 12.5. The van der Waals surface area contributed by atoms with Crippen LogP contribution >= 0.6 is 23.1 Å². The average molecular weight is 281 g/mol. The molecule has 1 saturated heterocycles. The summed E-state index contributed by atoms with van der Waals surface area (Å²) < 4.78 is 0. The van der Waals surface area contributed by atoms with Crippen molar-refractivity contribution in [1.29, 1.82) is 0 Å². The number of aryl methyl sites for hydroxylation is 1. The van der Waals surface area contributed by atoms with E-state index in [9.17, 15) is 9.59 Å². The SMILES string of the molecule is O=C1CCN(C(=O)C2SCCc3sccc32)CC1. The number of thioether (sulfide) groups is 1. The number of thiophene rings is 1. The van der Waals surface area contributed by atoms with Crippen LogP contribution in [0.3, 0.4) is 0 Å². The van der Waals surface area contributed by atoms with Crippen molar-refractivity contribution in [3.63, 3.8) is 0 Å². The van der Waals surface area contributed by atoms with Gasteiger partial charge in [0.2, 0.25) is 5.91 Å². The molecular weight excluding hydrogens is 266 g/mol. The standard InChI is InChI=1S/C13H15NO2S2/c15-9-1-5-14(6-2-9)13(16)12-10-3-7-17-11(10)4-8-18-12/h3,7,12H,1-2,4-6,8H2. The summed E-state index contributed by atoms with van der Waals surface area (Å²) >= 11 is 3.50. The van der Waals surface area contributed by atoms with Crippen LogP contribution in [-0.4, -0.2) is 35.4 Å². The predicted molar refractivity (Wildman–Crippen MR) is 74.0 cm³/mol. The molecule has 1 amide bonds. The lowest BCUT2D eigenvalue weighted by Gasteiger charge is -2.31. The van der Waals surface area contributed by atoms with Crippen LogP contribution < -0.4 is 0 Å². The van der Waals surface area contributed by atoms with Crippen molar-refractivity contribution in [2.45, 2.75) is 24.5 Å². The van der Waals surface area contributed by atoms with Crippen molar-refractivity contribution in [2.75, 3.05) is 18.8 Å². The first-order valence-electron chi connectivity index (χ1n) is 6.24. The zero-order chi connectivity index (χ0) is 12.5. The molecule has 1 unspecified atom stereocenters. The Hall–Kier alpha value is -0.810. The van der Waals surface area contributed by atoms with Gasteiger partial charge in [-0.1, -0.05) is 0 Å². The van der Waals surface area contributed by atoms with E-state index in [4.69, 9.17) is 0 Å².